The quantitative estimate of drug-likeness (QED) is 0.0935. The number of rotatable bonds is 9. The lowest BCUT2D eigenvalue weighted by Crippen LogP contribution is -2.19. The number of nitrogens with one attached hydrogen (secondary N) is 3. The minimum absolute atomic E-state index is 0.0278. The lowest BCUT2D eigenvalue weighted by atomic mass is 10.0. The summed E-state index contributed by atoms with van der Waals surface area (Å²) in [5, 5.41) is 38.5. The molecule has 0 aliphatic rings. The van der Waals surface area contributed by atoms with Crippen LogP contribution in [-0.2, 0) is 0 Å². The SMILES string of the molecule is Cc1ccc(N=Nc2c(C)cc3cc(Nc4nc(Cl)nc(Nc5ccc(/N=N/c6ccc(C)cc6C)c(NC(N)=O)c5)n4)ccc3c2O)cc1. The molecule has 14 heteroatoms. The average Bonchev–Trinajstić information content (AvgIpc) is 3.05. The number of benzene rings is 5. The number of aryl methyl sites for hydroxylation is 4. The number of azo groups is 2. The lowest BCUT2D eigenvalue weighted by Gasteiger charge is -2.12. The van der Waals surface area contributed by atoms with Crippen LogP contribution in [0.2, 0.25) is 5.28 Å². The molecule has 6 N–H and O–H groups in total. The predicted octanol–water partition coefficient (Wildman–Crippen LogP) is 10.4. The third-order valence-corrected chi connectivity index (χ3v) is 7.74. The van der Waals surface area contributed by atoms with Gasteiger partial charge in [-0.15, -0.1) is 10.2 Å². The van der Waals surface area contributed by atoms with Gasteiger partial charge in [0.2, 0.25) is 17.2 Å². The monoisotopic (exact) mass is 685 g/mol. The van der Waals surface area contributed by atoms with Gasteiger partial charge in [0.25, 0.3) is 0 Å². The van der Waals surface area contributed by atoms with Crippen LogP contribution < -0.4 is 21.7 Å². The number of anilines is 5. The number of fused-ring (bicyclic) bond motifs is 1. The molecule has 0 unspecified atom stereocenters. The first-order chi connectivity index (χ1) is 24.0. The van der Waals surface area contributed by atoms with Crippen LogP contribution in [0.4, 0.5) is 56.5 Å². The van der Waals surface area contributed by atoms with Gasteiger partial charge in [-0.25, -0.2) is 4.79 Å². The zero-order valence-electron chi connectivity index (χ0n) is 27.5. The molecular formula is C36H32ClN11O2. The number of aromatic hydroxyl groups is 1. The van der Waals surface area contributed by atoms with Crippen LogP contribution in [-0.4, -0.2) is 26.1 Å². The maximum Gasteiger partial charge on any atom is 0.316 e. The summed E-state index contributed by atoms with van der Waals surface area (Å²) in [6.07, 6.45) is 0. The van der Waals surface area contributed by atoms with Crippen molar-refractivity contribution in [3.05, 3.63) is 112 Å². The summed E-state index contributed by atoms with van der Waals surface area (Å²) in [5.41, 5.74) is 13.0. The smallest absolute Gasteiger partial charge is 0.316 e. The summed E-state index contributed by atoms with van der Waals surface area (Å²) in [6, 6.07) is 25.0. The summed E-state index contributed by atoms with van der Waals surface area (Å²) in [7, 11) is 0. The number of nitrogens with two attached hydrogens (primary N) is 1. The first kappa shape index (κ1) is 33.4. The minimum atomic E-state index is -0.762. The largest absolute Gasteiger partial charge is 0.505 e. The van der Waals surface area contributed by atoms with Crippen molar-refractivity contribution in [1.29, 1.82) is 0 Å². The second kappa shape index (κ2) is 14.3. The van der Waals surface area contributed by atoms with Gasteiger partial charge >= 0.3 is 6.03 Å². The fourth-order valence-corrected chi connectivity index (χ4v) is 5.28. The van der Waals surface area contributed by atoms with Gasteiger partial charge in [-0.1, -0.05) is 35.4 Å². The molecule has 5 aromatic carbocycles. The molecule has 6 rings (SSSR count). The van der Waals surface area contributed by atoms with E-state index in [9.17, 15) is 9.90 Å². The van der Waals surface area contributed by atoms with Crippen molar-refractivity contribution >= 4 is 80.1 Å². The van der Waals surface area contributed by atoms with Gasteiger partial charge in [-0.3, -0.25) is 0 Å². The standard InChI is InChI=1S/C36H32ClN11O2/c1-19-5-8-24(9-6-19)45-48-31-22(4)16-23-17-25(10-12-27(23)32(31)49)39-35-42-33(37)43-36(44-35)40-26-11-14-29(30(18-26)41-34(38)50)47-46-28-13-7-20(2)15-21(28)3/h5-18,49H,1-4H3,(H3,38,41,50)(H2,39,40,42,43,44)/b47-46+,48-45?. The molecule has 0 spiro atoms. The predicted molar refractivity (Wildman–Crippen MR) is 197 cm³/mol. The molecule has 0 atom stereocenters. The molecule has 0 aliphatic heterocycles. The molecule has 1 heterocycles. The van der Waals surface area contributed by atoms with E-state index in [1.807, 2.05) is 82.3 Å². The van der Waals surface area contributed by atoms with E-state index in [-0.39, 0.29) is 22.9 Å². The second-order valence-electron chi connectivity index (χ2n) is 11.6. The molecular weight excluding hydrogens is 654 g/mol. The number of primary amides is 1. The van der Waals surface area contributed by atoms with Crippen molar-refractivity contribution in [2.75, 3.05) is 16.0 Å². The van der Waals surface area contributed by atoms with E-state index in [4.69, 9.17) is 17.3 Å². The van der Waals surface area contributed by atoms with Crippen LogP contribution >= 0.6 is 11.6 Å². The van der Waals surface area contributed by atoms with E-state index >= 15 is 0 Å². The molecule has 0 aliphatic carbocycles. The van der Waals surface area contributed by atoms with Crippen LogP contribution in [0.1, 0.15) is 22.3 Å². The maximum atomic E-state index is 11.8. The summed E-state index contributed by atoms with van der Waals surface area (Å²) < 4.78 is 0. The molecule has 0 radical (unpaired) electrons. The van der Waals surface area contributed by atoms with E-state index in [0.29, 0.717) is 45.2 Å². The van der Waals surface area contributed by atoms with E-state index in [0.717, 1.165) is 27.6 Å². The van der Waals surface area contributed by atoms with Gasteiger partial charge in [0, 0.05) is 16.8 Å². The highest BCUT2D eigenvalue weighted by molar-refractivity contribution is 6.28. The third-order valence-electron chi connectivity index (χ3n) is 7.57. The third kappa shape index (κ3) is 7.97. The number of amides is 2. The number of phenols is 1. The Hall–Kier alpha value is -6.47. The van der Waals surface area contributed by atoms with Crippen LogP contribution in [0.15, 0.2) is 105 Å². The molecule has 2 amide bonds. The number of halogens is 1. The van der Waals surface area contributed by atoms with E-state index in [1.165, 1.54) is 0 Å². The molecule has 1 aromatic heterocycles. The van der Waals surface area contributed by atoms with Crippen LogP contribution in [0.25, 0.3) is 10.8 Å². The molecule has 13 nitrogen and oxygen atoms in total. The highest BCUT2D eigenvalue weighted by Gasteiger charge is 2.13. The van der Waals surface area contributed by atoms with Crippen molar-refractivity contribution in [2.45, 2.75) is 27.7 Å². The first-order valence-corrected chi connectivity index (χ1v) is 15.8. The van der Waals surface area contributed by atoms with Crippen molar-refractivity contribution in [3.8, 4) is 5.75 Å². The van der Waals surface area contributed by atoms with Gasteiger partial charge in [-0.2, -0.15) is 25.2 Å². The number of nitrogens with zero attached hydrogens (tertiary/aromatic N) is 7. The molecule has 6 aromatic rings. The maximum absolute atomic E-state index is 11.8. The van der Waals surface area contributed by atoms with Crippen LogP contribution in [0.3, 0.4) is 0 Å². The van der Waals surface area contributed by atoms with Gasteiger partial charge in [-0.05, 0) is 116 Å². The molecule has 0 fully saturated rings. The highest BCUT2D eigenvalue weighted by Crippen LogP contribution is 2.40. The Morgan fingerprint density at radius 1 is 0.700 bits per heavy atom. The fourth-order valence-electron chi connectivity index (χ4n) is 5.12. The Bertz CT molecular complexity index is 2310. The number of hydrogen-bond acceptors (Lipinski definition) is 11. The molecule has 50 heavy (non-hydrogen) atoms. The Labute approximate surface area is 292 Å². The Morgan fingerprint density at radius 2 is 1.34 bits per heavy atom. The van der Waals surface area contributed by atoms with Crippen molar-refractivity contribution in [1.82, 2.24) is 15.0 Å². The Morgan fingerprint density at radius 3 is 2.04 bits per heavy atom. The van der Waals surface area contributed by atoms with Crippen molar-refractivity contribution in [3.63, 3.8) is 0 Å². The van der Waals surface area contributed by atoms with Gasteiger partial charge in [0.1, 0.15) is 11.4 Å². The van der Waals surface area contributed by atoms with Crippen molar-refractivity contribution < 1.29 is 9.90 Å². The summed E-state index contributed by atoms with van der Waals surface area (Å²) in [6.45, 7) is 7.81. The average molecular weight is 686 g/mol. The highest BCUT2D eigenvalue weighted by atomic mass is 35.5. The molecule has 0 saturated carbocycles. The number of aromatic nitrogens is 3. The van der Waals surface area contributed by atoms with Gasteiger partial charge in [0.05, 0.1) is 17.1 Å². The second-order valence-corrected chi connectivity index (χ2v) is 11.9. The van der Waals surface area contributed by atoms with E-state index in [2.05, 4.69) is 51.4 Å². The first-order valence-electron chi connectivity index (χ1n) is 15.4. The number of phenolic OH excluding ortho intramolecular Hbond substituents is 1. The van der Waals surface area contributed by atoms with Gasteiger partial charge in [0.15, 0.2) is 5.75 Å². The van der Waals surface area contributed by atoms with Crippen molar-refractivity contribution in [2.24, 2.45) is 26.2 Å². The molecule has 0 bridgehead atoms. The normalized spacial score (nSPS) is 11.4. The number of urea groups is 1. The minimum Gasteiger partial charge on any atom is -0.505 e. The molecule has 0 saturated heterocycles. The number of carbonyl (C=O) groups excluding carboxylic acids is 1. The fraction of sp³-hybridized carbons (Fsp3) is 0.111. The summed E-state index contributed by atoms with van der Waals surface area (Å²) in [5.74, 6) is 0.339. The zero-order valence-corrected chi connectivity index (χ0v) is 28.3. The Kier molecular flexibility index (Phi) is 9.59. The van der Waals surface area contributed by atoms with Crippen LogP contribution in [0.5, 0.6) is 5.75 Å². The topological polar surface area (TPSA) is 188 Å². The van der Waals surface area contributed by atoms with E-state index < -0.39 is 6.03 Å². The van der Waals surface area contributed by atoms with Crippen LogP contribution in [0, 0.1) is 27.7 Å². The number of carbonyl (C=O) groups is 1. The Balaban J connectivity index is 1.22. The van der Waals surface area contributed by atoms with E-state index in [1.54, 1.807) is 30.3 Å². The summed E-state index contributed by atoms with van der Waals surface area (Å²) in [4.78, 5) is 24.6. The molecule has 250 valence electrons. The lowest BCUT2D eigenvalue weighted by molar-refractivity contribution is 0.259. The zero-order chi connectivity index (χ0) is 35.4. The van der Waals surface area contributed by atoms with Gasteiger partial charge < -0.3 is 26.8 Å². The summed E-state index contributed by atoms with van der Waals surface area (Å²) >= 11 is 6.27. The number of hydrogen-bond donors (Lipinski definition) is 5.